The number of ether oxygens (including phenoxy) is 1. The van der Waals surface area contributed by atoms with Crippen LogP contribution in [0.25, 0.3) is 6.08 Å². The summed E-state index contributed by atoms with van der Waals surface area (Å²) in [6, 6.07) is 9.05. The second-order valence-corrected chi connectivity index (χ2v) is 13.8. The Kier molecular flexibility index (Phi) is 8.86. The Bertz CT molecular complexity index is 1640. The number of carbonyl (C=O) groups excluding carboxylic acids is 2. The third-order valence-corrected chi connectivity index (χ3v) is 9.96. The summed E-state index contributed by atoms with van der Waals surface area (Å²) in [6.07, 6.45) is -1.81. The second-order valence-electron chi connectivity index (χ2n) is 12.0. The number of aryl methyl sites for hydroxylation is 2. The van der Waals surface area contributed by atoms with Crippen molar-refractivity contribution in [2.24, 2.45) is 4.99 Å². The normalized spacial score (nSPS) is 20.8. The van der Waals surface area contributed by atoms with E-state index in [1.165, 1.54) is 16.4 Å². The van der Waals surface area contributed by atoms with Gasteiger partial charge in [0.05, 0.1) is 6.04 Å². The zero-order valence-corrected chi connectivity index (χ0v) is 26.3. The number of sulfonamides is 1. The van der Waals surface area contributed by atoms with E-state index in [1.54, 1.807) is 6.08 Å². The van der Waals surface area contributed by atoms with Crippen LogP contribution in [0, 0.1) is 13.8 Å². The summed E-state index contributed by atoms with van der Waals surface area (Å²) in [4.78, 5) is 34.1. The average Bonchev–Trinajstić information content (AvgIpc) is 3.45. The van der Waals surface area contributed by atoms with Crippen LogP contribution in [0.3, 0.4) is 0 Å². The van der Waals surface area contributed by atoms with Gasteiger partial charge in [-0.05, 0) is 94.2 Å². The Labute approximate surface area is 260 Å². The quantitative estimate of drug-likeness (QED) is 0.465. The van der Waals surface area contributed by atoms with Crippen molar-refractivity contribution >= 4 is 39.4 Å². The number of aliphatic imine (C=N–C) groups is 1. The summed E-state index contributed by atoms with van der Waals surface area (Å²) >= 11 is 0. The molecule has 2 amide bonds. The number of carbonyl (C=O) groups is 2. The molecule has 1 N–H and O–H groups in total. The van der Waals surface area contributed by atoms with Crippen molar-refractivity contribution in [3.8, 4) is 5.75 Å². The summed E-state index contributed by atoms with van der Waals surface area (Å²) in [5.41, 5.74) is 2.26. The monoisotopic (exact) mass is 647 g/mol. The van der Waals surface area contributed by atoms with E-state index in [2.05, 4.69) is 19.9 Å². The Balaban J connectivity index is 1.28. The summed E-state index contributed by atoms with van der Waals surface area (Å²) in [6.45, 7) is 4.59. The van der Waals surface area contributed by atoms with Crippen LogP contribution >= 0.6 is 0 Å². The molecule has 0 radical (unpaired) electrons. The van der Waals surface area contributed by atoms with Crippen LogP contribution in [0.4, 0.5) is 18.9 Å². The van der Waals surface area contributed by atoms with E-state index in [-0.39, 0.29) is 49.3 Å². The first kappa shape index (κ1) is 32.6. The van der Waals surface area contributed by atoms with E-state index >= 15 is 0 Å². The summed E-state index contributed by atoms with van der Waals surface area (Å²) < 4.78 is 69.9. The minimum absolute atomic E-state index is 0.0370. The highest BCUT2D eigenvalue weighted by molar-refractivity contribution is 7.92. The fourth-order valence-corrected chi connectivity index (χ4v) is 7.40. The molecule has 45 heavy (non-hydrogen) atoms. The maximum atomic E-state index is 13.3. The number of nitrogens with one attached hydrogen (secondary N) is 1. The largest absolute Gasteiger partial charge is 0.573 e. The van der Waals surface area contributed by atoms with Gasteiger partial charge in [-0.3, -0.25) is 14.6 Å². The van der Waals surface area contributed by atoms with Crippen molar-refractivity contribution in [3.05, 3.63) is 64.1 Å². The zero-order valence-electron chi connectivity index (χ0n) is 25.5. The molecule has 0 saturated carbocycles. The number of hydrogen-bond acceptors (Lipinski definition) is 7. The molecule has 1 atom stereocenters. The molecule has 3 aliphatic heterocycles. The minimum atomic E-state index is -4.86. The van der Waals surface area contributed by atoms with Gasteiger partial charge in [0.25, 0.3) is 5.91 Å². The Morgan fingerprint density at radius 2 is 1.78 bits per heavy atom. The maximum absolute atomic E-state index is 13.3. The van der Waals surface area contributed by atoms with Crippen LogP contribution in [0.15, 0.2) is 46.8 Å². The highest BCUT2D eigenvalue weighted by atomic mass is 32.2. The number of amidine groups is 1. The predicted octanol–water partition coefficient (Wildman–Crippen LogP) is 3.97. The first-order valence-electron chi connectivity index (χ1n) is 14.6. The van der Waals surface area contributed by atoms with E-state index in [9.17, 15) is 31.2 Å². The number of likely N-dealkylation sites (N-methyl/N-ethyl adjacent to an activating group) is 1. The van der Waals surface area contributed by atoms with Gasteiger partial charge in [-0.1, -0.05) is 12.1 Å². The molecule has 3 heterocycles. The molecule has 1 spiro atoms. The number of halogens is 3. The lowest BCUT2D eigenvalue weighted by atomic mass is 9.89. The van der Waals surface area contributed by atoms with Crippen molar-refractivity contribution in [3.63, 3.8) is 0 Å². The maximum Gasteiger partial charge on any atom is 0.573 e. The van der Waals surface area contributed by atoms with Gasteiger partial charge in [-0.25, -0.2) is 8.42 Å². The predicted molar refractivity (Wildman–Crippen MR) is 164 cm³/mol. The molecule has 2 saturated heterocycles. The van der Waals surface area contributed by atoms with Crippen LogP contribution in [-0.2, 0) is 19.6 Å². The molecule has 0 aromatic heterocycles. The highest BCUT2D eigenvalue weighted by Gasteiger charge is 2.47. The molecule has 0 unspecified atom stereocenters. The van der Waals surface area contributed by atoms with E-state index in [4.69, 9.17) is 0 Å². The molecular formula is C31H36F3N5O5S. The summed E-state index contributed by atoms with van der Waals surface area (Å²) in [5, 5.41) is 3.80. The van der Waals surface area contributed by atoms with E-state index in [0.717, 1.165) is 52.9 Å². The molecule has 2 aromatic rings. The topological polar surface area (TPSA) is 112 Å². The third-order valence-electron chi connectivity index (χ3n) is 8.40. The van der Waals surface area contributed by atoms with Gasteiger partial charge in [0.1, 0.15) is 17.1 Å². The lowest BCUT2D eigenvalue weighted by molar-refractivity contribution is -0.274. The summed E-state index contributed by atoms with van der Waals surface area (Å²) in [7, 11) is 0.102. The molecule has 2 aromatic carbocycles. The fraction of sp³-hybridized carbons (Fsp3) is 0.452. The minimum Gasteiger partial charge on any atom is -0.406 e. The third kappa shape index (κ3) is 7.07. The molecule has 14 heteroatoms. The van der Waals surface area contributed by atoms with E-state index in [0.29, 0.717) is 6.42 Å². The molecule has 0 bridgehead atoms. The standard InChI is InChI=1S/C31H36F3N5O5S/c1-20-16-24(39-23(19-37(3)4)8-9-27(39)40)17-21(2)26(20)10-15-45(42,43)38-13-11-30(12-14-38)29(41)35-28(36-30)22-6-5-7-25(18-22)44-31(32,33)34/h5-7,10,15-18,23H,8-9,11-14,19H2,1-4H3,(H,35,36,41)/b15-10+/t23-/m1/s1. The van der Waals surface area contributed by atoms with Gasteiger partial charge in [0.2, 0.25) is 15.9 Å². The Morgan fingerprint density at radius 3 is 2.40 bits per heavy atom. The zero-order chi connectivity index (χ0) is 32.7. The van der Waals surface area contributed by atoms with Gasteiger partial charge < -0.3 is 19.9 Å². The number of amides is 2. The lowest BCUT2D eigenvalue weighted by Crippen LogP contribution is -2.50. The van der Waals surface area contributed by atoms with Gasteiger partial charge in [-0.2, -0.15) is 4.31 Å². The summed E-state index contributed by atoms with van der Waals surface area (Å²) in [5.74, 6) is -0.681. The number of anilines is 1. The highest BCUT2D eigenvalue weighted by Crippen LogP contribution is 2.34. The Morgan fingerprint density at radius 1 is 1.11 bits per heavy atom. The van der Waals surface area contributed by atoms with Crippen molar-refractivity contribution in [2.45, 2.75) is 57.5 Å². The number of piperidine rings is 1. The fourth-order valence-electron chi connectivity index (χ4n) is 6.23. The first-order valence-corrected chi connectivity index (χ1v) is 16.1. The molecular weight excluding hydrogens is 611 g/mol. The van der Waals surface area contributed by atoms with Crippen molar-refractivity contribution in [1.82, 2.24) is 14.5 Å². The van der Waals surface area contributed by atoms with Gasteiger partial charge in [0, 0.05) is 42.7 Å². The number of benzene rings is 2. The van der Waals surface area contributed by atoms with Crippen LogP contribution < -0.4 is 15.0 Å². The molecule has 10 nitrogen and oxygen atoms in total. The van der Waals surface area contributed by atoms with Crippen molar-refractivity contribution < 1.29 is 35.9 Å². The van der Waals surface area contributed by atoms with Crippen LogP contribution in [0.5, 0.6) is 5.75 Å². The average molecular weight is 648 g/mol. The number of nitrogens with zero attached hydrogens (tertiary/aromatic N) is 4. The van der Waals surface area contributed by atoms with Gasteiger partial charge in [0.15, 0.2) is 0 Å². The first-order chi connectivity index (χ1) is 21.1. The number of alkyl halides is 3. The molecule has 3 aliphatic rings. The number of rotatable bonds is 8. The Hall–Kier alpha value is -3.75. The van der Waals surface area contributed by atoms with E-state index in [1.807, 2.05) is 45.0 Å². The van der Waals surface area contributed by atoms with Crippen LogP contribution in [0.2, 0.25) is 0 Å². The second kappa shape index (κ2) is 12.2. The molecule has 0 aliphatic carbocycles. The van der Waals surface area contributed by atoms with E-state index < -0.39 is 33.6 Å². The molecule has 2 fully saturated rings. The lowest BCUT2D eigenvalue weighted by Gasteiger charge is -2.34. The van der Waals surface area contributed by atoms with Crippen molar-refractivity contribution in [1.29, 1.82) is 0 Å². The number of hydrogen-bond donors (Lipinski definition) is 1. The van der Waals surface area contributed by atoms with Gasteiger partial charge >= 0.3 is 6.36 Å². The van der Waals surface area contributed by atoms with Crippen LogP contribution in [-0.4, -0.2) is 86.9 Å². The SMILES string of the molecule is Cc1cc(N2C(=O)CC[C@@H]2CN(C)C)cc(C)c1/C=C/S(=O)(=O)N1CCC2(CC1)N=C(c1cccc(OC(F)(F)F)c1)NC2=O. The molecule has 5 rings (SSSR count). The van der Waals surface area contributed by atoms with Crippen molar-refractivity contribution in [2.75, 3.05) is 38.6 Å². The molecule has 242 valence electrons. The van der Waals surface area contributed by atoms with Gasteiger partial charge in [-0.15, -0.1) is 13.2 Å². The smallest absolute Gasteiger partial charge is 0.406 e. The van der Waals surface area contributed by atoms with Crippen LogP contribution in [0.1, 0.15) is 47.9 Å².